The fraction of sp³-hybridized carbons (Fsp3) is 0.364. The van der Waals surface area contributed by atoms with Crippen LogP contribution in [-0.2, 0) is 19.6 Å². The molecular formula is C11H15BrN2O4S. The van der Waals surface area contributed by atoms with Crippen LogP contribution in [0.15, 0.2) is 27.6 Å². The number of ether oxygens (including phenoxy) is 1. The maximum atomic E-state index is 12.1. The molecular weight excluding hydrogens is 336 g/mol. The maximum Gasteiger partial charge on any atom is 0.323 e. The smallest absolute Gasteiger partial charge is 0.323 e. The molecule has 0 amide bonds. The van der Waals surface area contributed by atoms with Crippen LogP contribution in [-0.4, -0.2) is 27.0 Å². The molecule has 0 bridgehead atoms. The predicted molar refractivity (Wildman–Crippen MR) is 75.0 cm³/mol. The number of nitrogen functional groups attached to an aromatic ring is 1. The number of hydrogen-bond donors (Lipinski definition) is 2. The largest absolute Gasteiger partial charge is 0.465 e. The van der Waals surface area contributed by atoms with E-state index in [4.69, 9.17) is 10.5 Å². The molecule has 3 N–H and O–H groups in total. The molecule has 19 heavy (non-hydrogen) atoms. The molecule has 1 aromatic rings. The summed E-state index contributed by atoms with van der Waals surface area (Å²) in [5, 5.41) is 0. The average Bonchev–Trinajstić information content (AvgIpc) is 2.31. The third-order valence-corrected chi connectivity index (χ3v) is 4.33. The number of carbonyl (C=O) groups excluding carboxylic acids is 1. The first kappa shape index (κ1) is 15.9. The van der Waals surface area contributed by atoms with E-state index in [1.165, 1.54) is 19.1 Å². The minimum Gasteiger partial charge on any atom is -0.465 e. The van der Waals surface area contributed by atoms with Crippen LogP contribution in [0.1, 0.15) is 13.8 Å². The SMILES string of the molecule is CCOC(=O)C(C)NS(=O)(=O)c1cc(Br)ccc1N. The number of anilines is 1. The van der Waals surface area contributed by atoms with E-state index in [1.807, 2.05) is 0 Å². The first-order chi connectivity index (χ1) is 8.77. The third-order valence-electron chi connectivity index (χ3n) is 2.24. The molecule has 0 radical (unpaired) electrons. The second kappa shape index (κ2) is 6.36. The number of nitrogens with two attached hydrogens (primary N) is 1. The number of rotatable bonds is 5. The summed E-state index contributed by atoms with van der Waals surface area (Å²) in [7, 11) is -3.88. The van der Waals surface area contributed by atoms with Gasteiger partial charge in [-0.2, -0.15) is 4.72 Å². The van der Waals surface area contributed by atoms with Crippen LogP contribution in [0.4, 0.5) is 5.69 Å². The summed E-state index contributed by atoms with van der Waals surface area (Å²) in [6, 6.07) is 3.48. The lowest BCUT2D eigenvalue weighted by atomic mass is 10.3. The fourth-order valence-corrected chi connectivity index (χ4v) is 3.21. The molecule has 8 heteroatoms. The van der Waals surface area contributed by atoms with Gasteiger partial charge in [-0.1, -0.05) is 15.9 Å². The van der Waals surface area contributed by atoms with Crippen molar-refractivity contribution in [2.45, 2.75) is 24.8 Å². The van der Waals surface area contributed by atoms with Crippen molar-refractivity contribution in [2.75, 3.05) is 12.3 Å². The molecule has 1 atom stereocenters. The summed E-state index contributed by atoms with van der Waals surface area (Å²) in [5.41, 5.74) is 5.73. The fourth-order valence-electron chi connectivity index (χ4n) is 1.35. The van der Waals surface area contributed by atoms with Gasteiger partial charge in [0.1, 0.15) is 10.9 Å². The molecule has 1 rings (SSSR count). The Morgan fingerprint density at radius 2 is 2.16 bits per heavy atom. The molecule has 1 unspecified atom stereocenters. The number of carbonyl (C=O) groups is 1. The third kappa shape index (κ3) is 4.19. The van der Waals surface area contributed by atoms with Gasteiger partial charge in [0.25, 0.3) is 0 Å². The van der Waals surface area contributed by atoms with Crippen molar-refractivity contribution in [3.05, 3.63) is 22.7 Å². The molecule has 0 aromatic heterocycles. The number of benzene rings is 1. The molecule has 0 heterocycles. The highest BCUT2D eigenvalue weighted by Gasteiger charge is 2.24. The molecule has 106 valence electrons. The highest BCUT2D eigenvalue weighted by atomic mass is 79.9. The number of halogens is 1. The summed E-state index contributed by atoms with van der Waals surface area (Å²) in [4.78, 5) is 11.3. The Labute approximate surface area is 120 Å². The quantitative estimate of drug-likeness (QED) is 0.615. The van der Waals surface area contributed by atoms with Crippen molar-refractivity contribution in [1.82, 2.24) is 4.72 Å². The molecule has 0 aliphatic rings. The highest BCUT2D eigenvalue weighted by Crippen LogP contribution is 2.23. The minimum absolute atomic E-state index is 0.0852. The maximum absolute atomic E-state index is 12.1. The lowest BCUT2D eigenvalue weighted by Crippen LogP contribution is -2.39. The standard InChI is InChI=1S/C11H15BrN2O4S/c1-3-18-11(15)7(2)14-19(16,17)10-6-8(12)4-5-9(10)13/h4-7,14H,3,13H2,1-2H3. The van der Waals surface area contributed by atoms with Crippen molar-refractivity contribution in [3.8, 4) is 0 Å². The van der Waals surface area contributed by atoms with Crippen LogP contribution in [0.2, 0.25) is 0 Å². The predicted octanol–water partition coefficient (Wildman–Crippen LogP) is 1.26. The van der Waals surface area contributed by atoms with E-state index in [2.05, 4.69) is 20.7 Å². The molecule has 6 nitrogen and oxygen atoms in total. The Morgan fingerprint density at radius 1 is 1.53 bits per heavy atom. The van der Waals surface area contributed by atoms with Crippen molar-refractivity contribution >= 4 is 37.6 Å². The van der Waals surface area contributed by atoms with Crippen LogP contribution < -0.4 is 10.5 Å². The van der Waals surface area contributed by atoms with Gasteiger partial charge in [0.2, 0.25) is 10.0 Å². The van der Waals surface area contributed by atoms with Crippen molar-refractivity contribution < 1.29 is 17.9 Å². The van der Waals surface area contributed by atoms with Crippen LogP contribution in [0.5, 0.6) is 0 Å². The van der Waals surface area contributed by atoms with Crippen molar-refractivity contribution in [3.63, 3.8) is 0 Å². The Balaban J connectivity index is 2.99. The van der Waals surface area contributed by atoms with Crippen molar-refractivity contribution in [1.29, 1.82) is 0 Å². The number of esters is 1. The Kier molecular flexibility index (Phi) is 5.33. The van der Waals surface area contributed by atoms with Gasteiger partial charge in [-0.05, 0) is 32.0 Å². The van der Waals surface area contributed by atoms with Crippen LogP contribution in [0.25, 0.3) is 0 Å². The van der Waals surface area contributed by atoms with Gasteiger partial charge in [0.05, 0.1) is 12.3 Å². The van der Waals surface area contributed by atoms with Gasteiger partial charge in [0, 0.05) is 4.47 Å². The van der Waals surface area contributed by atoms with Gasteiger partial charge in [0.15, 0.2) is 0 Å². The van der Waals surface area contributed by atoms with E-state index < -0.39 is 22.0 Å². The molecule has 0 spiro atoms. The van der Waals surface area contributed by atoms with E-state index in [0.29, 0.717) is 4.47 Å². The van der Waals surface area contributed by atoms with E-state index in [0.717, 1.165) is 0 Å². The topological polar surface area (TPSA) is 98.5 Å². The van der Waals surface area contributed by atoms with E-state index >= 15 is 0 Å². The Hall–Kier alpha value is -1.12. The Bertz CT molecular complexity index is 574. The second-order valence-corrected chi connectivity index (χ2v) is 6.38. The summed E-state index contributed by atoms with van der Waals surface area (Å²) < 4.78 is 31.7. The molecule has 0 saturated carbocycles. The van der Waals surface area contributed by atoms with E-state index in [1.54, 1.807) is 13.0 Å². The lowest BCUT2D eigenvalue weighted by molar-refractivity contribution is -0.144. The highest BCUT2D eigenvalue weighted by molar-refractivity contribution is 9.10. The summed E-state index contributed by atoms with van der Waals surface area (Å²) in [6.45, 7) is 3.24. The number of hydrogen-bond acceptors (Lipinski definition) is 5. The Morgan fingerprint density at radius 3 is 2.74 bits per heavy atom. The molecule has 0 aliphatic carbocycles. The van der Waals surface area contributed by atoms with Crippen LogP contribution in [0.3, 0.4) is 0 Å². The van der Waals surface area contributed by atoms with Gasteiger partial charge in [-0.15, -0.1) is 0 Å². The van der Waals surface area contributed by atoms with Crippen LogP contribution in [0, 0.1) is 0 Å². The van der Waals surface area contributed by atoms with Gasteiger partial charge < -0.3 is 10.5 Å². The van der Waals surface area contributed by atoms with E-state index in [-0.39, 0.29) is 17.2 Å². The zero-order valence-electron chi connectivity index (χ0n) is 10.5. The molecule has 0 fully saturated rings. The average molecular weight is 351 g/mol. The monoisotopic (exact) mass is 350 g/mol. The van der Waals surface area contributed by atoms with E-state index in [9.17, 15) is 13.2 Å². The first-order valence-corrected chi connectivity index (χ1v) is 7.79. The normalized spacial score (nSPS) is 13.0. The number of nitrogens with one attached hydrogen (secondary N) is 1. The second-order valence-electron chi connectivity index (χ2n) is 3.78. The minimum atomic E-state index is -3.88. The zero-order chi connectivity index (χ0) is 14.6. The van der Waals surface area contributed by atoms with Crippen molar-refractivity contribution in [2.24, 2.45) is 0 Å². The summed E-state index contributed by atoms with van der Waals surface area (Å²) >= 11 is 3.17. The van der Waals surface area contributed by atoms with Gasteiger partial charge in [-0.25, -0.2) is 8.42 Å². The molecule has 1 aromatic carbocycles. The van der Waals surface area contributed by atoms with Gasteiger partial charge >= 0.3 is 5.97 Å². The summed E-state index contributed by atoms with van der Waals surface area (Å²) in [6.07, 6.45) is 0. The summed E-state index contributed by atoms with van der Waals surface area (Å²) in [5.74, 6) is -0.639. The number of sulfonamides is 1. The van der Waals surface area contributed by atoms with Gasteiger partial charge in [-0.3, -0.25) is 4.79 Å². The first-order valence-electron chi connectivity index (χ1n) is 5.52. The van der Waals surface area contributed by atoms with Crippen LogP contribution >= 0.6 is 15.9 Å². The zero-order valence-corrected chi connectivity index (χ0v) is 12.9. The molecule has 0 saturated heterocycles. The molecule has 0 aliphatic heterocycles. The lowest BCUT2D eigenvalue weighted by Gasteiger charge is -2.14.